The first-order chi connectivity index (χ1) is 23.1. The number of carbonyl (C=O) groups is 3. The number of amides is 1. The van der Waals surface area contributed by atoms with Crippen molar-refractivity contribution in [2.45, 2.75) is 44.6 Å². The van der Waals surface area contributed by atoms with Crippen LogP contribution in [0.25, 0.3) is 0 Å². The number of carbonyl (C=O) groups excluding carboxylic acids is 3. The summed E-state index contributed by atoms with van der Waals surface area (Å²) >= 11 is 6.03. The summed E-state index contributed by atoms with van der Waals surface area (Å²) in [4.78, 5) is 44.0. The number of hydrogen-bond acceptors (Lipinski definition) is 11. The van der Waals surface area contributed by atoms with Crippen LogP contribution in [0.4, 0.5) is 11.6 Å². The van der Waals surface area contributed by atoms with Crippen LogP contribution in [0.5, 0.6) is 11.5 Å². The Hall–Kier alpha value is -4.62. The molecule has 0 saturated carbocycles. The molecule has 0 bridgehead atoms. The van der Waals surface area contributed by atoms with Crippen molar-refractivity contribution in [3.05, 3.63) is 70.5 Å². The molecule has 1 atom stereocenters. The van der Waals surface area contributed by atoms with Gasteiger partial charge in [-0.3, -0.25) is 4.79 Å². The molecule has 0 aliphatic carbocycles. The Morgan fingerprint density at radius 3 is 1.85 bits per heavy atom. The summed E-state index contributed by atoms with van der Waals surface area (Å²) in [7, 11) is 2.65. The van der Waals surface area contributed by atoms with Crippen LogP contribution in [0.3, 0.4) is 0 Å². The summed E-state index contributed by atoms with van der Waals surface area (Å²) in [5.41, 5.74) is 14.0. The average Bonchev–Trinajstić information content (AvgIpc) is 3.09. The van der Waals surface area contributed by atoms with Crippen LogP contribution in [0.15, 0.2) is 48.5 Å². The second kappa shape index (κ2) is 17.5. The Labute approximate surface area is 285 Å². The van der Waals surface area contributed by atoms with Gasteiger partial charge in [0.2, 0.25) is 0 Å². The van der Waals surface area contributed by atoms with Gasteiger partial charge in [0.25, 0.3) is 5.91 Å². The predicted octanol–water partition coefficient (Wildman–Crippen LogP) is 3.37. The number of methoxy groups -OCH3 is 2. The summed E-state index contributed by atoms with van der Waals surface area (Å²) < 4.78 is 21.1. The summed E-state index contributed by atoms with van der Waals surface area (Å²) in [6.45, 7) is 3.37. The molecule has 2 heterocycles. The summed E-state index contributed by atoms with van der Waals surface area (Å²) in [5, 5.41) is 3.06. The van der Waals surface area contributed by atoms with Gasteiger partial charge in [-0.25, -0.2) is 19.6 Å². The van der Waals surface area contributed by atoms with Crippen molar-refractivity contribution < 1.29 is 37.8 Å². The number of aryl methyl sites for hydroxylation is 2. The van der Waals surface area contributed by atoms with E-state index >= 15 is 0 Å². The molecule has 2 aromatic carbocycles. The number of nitrogens with two attached hydrogens (primary N) is 2. The van der Waals surface area contributed by atoms with E-state index < -0.39 is 17.8 Å². The fraction of sp³-hybridized carbons (Fsp3) is 0.441. The number of nitrogens with one attached hydrogen (secondary N) is 1. The number of esters is 2. The largest absolute Gasteiger partial charge is 0.482 e. The van der Waals surface area contributed by atoms with Crippen molar-refractivity contribution in [1.82, 2.24) is 15.3 Å². The summed E-state index contributed by atoms with van der Waals surface area (Å²) in [6, 6.07) is 15.4. The monoisotopic (exact) mass is 683 g/mol. The van der Waals surface area contributed by atoms with Crippen molar-refractivity contribution in [2.24, 2.45) is 0 Å². The number of nitrogen functional groups attached to an aromatic ring is 2. The van der Waals surface area contributed by atoms with Crippen LogP contribution < -0.4 is 26.3 Å². The lowest BCUT2D eigenvalue weighted by Crippen LogP contribution is -2.60. The first-order valence-electron chi connectivity index (χ1n) is 15.9. The zero-order valence-corrected chi connectivity index (χ0v) is 28.2. The van der Waals surface area contributed by atoms with Crippen LogP contribution in [0, 0.1) is 0 Å². The number of aromatic nitrogens is 2. The highest BCUT2D eigenvalue weighted by Crippen LogP contribution is 2.25. The number of rotatable bonds is 16. The number of ether oxygens (including phenoxy) is 4. The molecule has 1 aliphatic heterocycles. The molecule has 1 aromatic heterocycles. The van der Waals surface area contributed by atoms with Crippen molar-refractivity contribution in [3.8, 4) is 11.5 Å². The van der Waals surface area contributed by atoms with Crippen LogP contribution in [0.1, 0.15) is 47.3 Å². The van der Waals surface area contributed by atoms with E-state index in [2.05, 4.69) is 24.8 Å². The first-order valence-corrected chi connectivity index (χ1v) is 16.3. The molecule has 1 saturated heterocycles. The van der Waals surface area contributed by atoms with Gasteiger partial charge in [0.15, 0.2) is 35.7 Å². The third-order valence-corrected chi connectivity index (χ3v) is 8.74. The Morgan fingerprint density at radius 1 is 0.833 bits per heavy atom. The van der Waals surface area contributed by atoms with Gasteiger partial charge in [0.05, 0.1) is 46.4 Å². The Bertz CT molecular complexity index is 1470. The molecule has 1 aliphatic rings. The molecule has 13 nitrogen and oxygen atoms in total. The minimum atomic E-state index is -0.431. The van der Waals surface area contributed by atoms with Crippen LogP contribution >= 0.6 is 11.6 Å². The van der Waals surface area contributed by atoms with E-state index in [1.54, 1.807) is 0 Å². The maximum Gasteiger partial charge on any atom is 0.343 e. The van der Waals surface area contributed by atoms with Crippen molar-refractivity contribution in [2.75, 3.05) is 65.1 Å². The van der Waals surface area contributed by atoms with E-state index in [0.29, 0.717) is 11.5 Å². The number of benzene rings is 2. The molecule has 1 unspecified atom stereocenters. The number of nitrogens with zero attached hydrogens (tertiary/aromatic N) is 3. The van der Waals surface area contributed by atoms with E-state index in [9.17, 15) is 14.4 Å². The van der Waals surface area contributed by atoms with Gasteiger partial charge in [-0.15, -0.1) is 0 Å². The highest BCUT2D eigenvalue weighted by Gasteiger charge is 2.35. The topological polar surface area (TPSA) is 178 Å². The Kier molecular flexibility index (Phi) is 13.2. The fourth-order valence-corrected chi connectivity index (χ4v) is 6.09. The van der Waals surface area contributed by atoms with Gasteiger partial charge in [0.1, 0.15) is 11.5 Å². The Balaban J connectivity index is 1.39. The Morgan fingerprint density at radius 2 is 1.35 bits per heavy atom. The average molecular weight is 684 g/mol. The molecule has 1 amide bonds. The number of halogens is 1. The molecular weight excluding hydrogens is 640 g/mol. The molecule has 48 heavy (non-hydrogen) atoms. The lowest BCUT2D eigenvalue weighted by molar-refractivity contribution is -0.933. The van der Waals surface area contributed by atoms with E-state index in [1.165, 1.54) is 25.3 Å². The van der Waals surface area contributed by atoms with Crippen LogP contribution in [-0.4, -0.2) is 92.0 Å². The molecule has 1 fully saturated rings. The normalized spacial score (nSPS) is 15.3. The lowest BCUT2D eigenvalue weighted by Gasteiger charge is -2.45. The zero-order chi connectivity index (χ0) is 34.5. The summed E-state index contributed by atoms with van der Waals surface area (Å²) in [6.07, 6.45) is 5.42. The number of likely N-dealkylation sites (tertiary alicyclic amines) is 1. The smallest absolute Gasteiger partial charge is 0.343 e. The van der Waals surface area contributed by atoms with Gasteiger partial charge < -0.3 is 40.2 Å². The van der Waals surface area contributed by atoms with Gasteiger partial charge >= 0.3 is 11.9 Å². The second-order valence-electron chi connectivity index (χ2n) is 11.9. The fourth-order valence-electron chi connectivity index (χ4n) is 5.97. The second-order valence-corrected chi connectivity index (χ2v) is 12.2. The van der Waals surface area contributed by atoms with Crippen molar-refractivity contribution in [3.63, 3.8) is 0 Å². The number of quaternary nitrogens is 1. The standard InChI is InChI=1S/C34H43ClN6O7/c1-45-28(42)21-47-26-13-9-23(10-14-26)6-3-17-41(18-4-7-24-11-15-27(16-12-24)48-22-29(43)46-2)19-5-8-25(20-41)38-34(44)30-32(36)40-33(37)31(35)39-30/h9-16,25H,3-8,17-22H2,1-2H3,(H4-,36,37,38,40,44)/p+1. The van der Waals surface area contributed by atoms with Gasteiger partial charge in [0, 0.05) is 12.8 Å². The molecule has 5 N–H and O–H groups in total. The number of anilines is 2. The molecule has 0 radical (unpaired) electrons. The van der Waals surface area contributed by atoms with Crippen LogP contribution in [0.2, 0.25) is 5.15 Å². The minimum Gasteiger partial charge on any atom is -0.482 e. The predicted molar refractivity (Wildman–Crippen MR) is 181 cm³/mol. The molecule has 3 aromatic rings. The van der Waals surface area contributed by atoms with E-state index in [4.69, 9.17) is 32.5 Å². The number of piperidine rings is 1. The molecular formula is C34H44ClN6O7+. The van der Waals surface area contributed by atoms with Gasteiger partial charge in [-0.05, 0) is 61.1 Å². The quantitative estimate of drug-likeness (QED) is 0.149. The van der Waals surface area contributed by atoms with Crippen LogP contribution in [-0.2, 0) is 31.9 Å². The maximum absolute atomic E-state index is 13.2. The van der Waals surface area contributed by atoms with E-state index in [-0.39, 0.29) is 41.7 Å². The van der Waals surface area contributed by atoms with Gasteiger partial charge in [-0.2, -0.15) is 0 Å². The zero-order valence-electron chi connectivity index (χ0n) is 27.4. The molecule has 258 valence electrons. The van der Waals surface area contributed by atoms with Crippen molar-refractivity contribution in [1.29, 1.82) is 0 Å². The third-order valence-electron chi connectivity index (χ3n) is 8.46. The highest BCUT2D eigenvalue weighted by atomic mass is 35.5. The molecule has 0 spiro atoms. The maximum atomic E-state index is 13.2. The van der Waals surface area contributed by atoms with E-state index in [1.807, 2.05) is 48.5 Å². The van der Waals surface area contributed by atoms with E-state index in [0.717, 1.165) is 69.2 Å². The van der Waals surface area contributed by atoms with Gasteiger partial charge in [-0.1, -0.05) is 35.9 Å². The minimum absolute atomic E-state index is 0.0224. The molecule has 4 rings (SSSR count). The lowest BCUT2D eigenvalue weighted by atomic mass is 9.99. The van der Waals surface area contributed by atoms with Crippen molar-refractivity contribution >= 4 is 41.1 Å². The highest BCUT2D eigenvalue weighted by molar-refractivity contribution is 6.31. The molecule has 14 heteroatoms. The first kappa shape index (κ1) is 36.2. The third kappa shape index (κ3) is 10.7. The SMILES string of the molecule is COC(=O)COc1ccc(CCC[N+]2(CCCc3ccc(OCC(=O)OC)cc3)CCCC(NC(=O)c3nc(Cl)c(N)nc3N)C2)cc1. The summed E-state index contributed by atoms with van der Waals surface area (Å²) in [5.74, 6) is -0.147. The number of hydrogen-bond donors (Lipinski definition) is 3.